The van der Waals surface area contributed by atoms with E-state index in [-0.39, 0.29) is 12.5 Å². The molecule has 0 saturated carbocycles. The van der Waals surface area contributed by atoms with Crippen LogP contribution < -0.4 is 19.6 Å². The van der Waals surface area contributed by atoms with Gasteiger partial charge in [0.05, 0.1) is 20.4 Å². The molecular formula is C23H22N2O4. The number of nitrogens with zero attached hydrogens (tertiary/aromatic N) is 1. The second-order valence-electron chi connectivity index (χ2n) is 6.08. The molecule has 1 N–H and O–H groups in total. The Labute approximate surface area is 169 Å². The molecule has 0 fully saturated rings. The number of amides is 1. The van der Waals surface area contributed by atoms with Crippen LogP contribution in [0, 0.1) is 0 Å². The highest BCUT2D eigenvalue weighted by atomic mass is 16.5. The van der Waals surface area contributed by atoms with Gasteiger partial charge in [-0.25, -0.2) is 5.43 Å². The molecule has 6 heteroatoms. The fourth-order valence-electron chi connectivity index (χ4n) is 2.67. The van der Waals surface area contributed by atoms with Gasteiger partial charge in [0.15, 0.2) is 6.61 Å². The minimum Gasteiger partial charge on any atom is -0.497 e. The van der Waals surface area contributed by atoms with Crippen LogP contribution in [-0.2, 0) is 4.79 Å². The van der Waals surface area contributed by atoms with Crippen LogP contribution >= 0.6 is 0 Å². The highest BCUT2D eigenvalue weighted by Gasteiger charge is 2.05. The molecule has 0 unspecified atom stereocenters. The summed E-state index contributed by atoms with van der Waals surface area (Å²) in [6.07, 6.45) is 1.49. The summed E-state index contributed by atoms with van der Waals surface area (Å²) in [6.45, 7) is -0.142. The van der Waals surface area contributed by atoms with E-state index < -0.39 is 0 Å². The van der Waals surface area contributed by atoms with Crippen LogP contribution in [-0.4, -0.2) is 32.9 Å². The van der Waals surface area contributed by atoms with Gasteiger partial charge in [-0.05, 0) is 41.5 Å². The summed E-state index contributed by atoms with van der Waals surface area (Å²) in [7, 11) is 3.14. The van der Waals surface area contributed by atoms with Gasteiger partial charge in [-0.3, -0.25) is 4.79 Å². The van der Waals surface area contributed by atoms with Crippen LogP contribution in [0.2, 0.25) is 0 Å². The Balaban J connectivity index is 1.52. The van der Waals surface area contributed by atoms with Gasteiger partial charge in [-0.1, -0.05) is 42.5 Å². The van der Waals surface area contributed by atoms with Crippen molar-refractivity contribution >= 4 is 12.1 Å². The van der Waals surface area contributed by atoms with Crippen LogP contribution in [0.15, 0.2) is 77.9 Å². The highest BCUT2D eigenvalue weighted by molar-refractivity contribution is 5.86. The van der Waals surface area contributed by atoms with Crippen LogP contribution in [0.3, 0.4) is 0 Å². The van der Waals surface area contributed by atoms with E-state index in [2.05, 4.69) is 10.5 Å². The van der Waals surface area contributed by atoms with E-state index in [0.29, 0.717) is 22.8 Å². The maximum absolute atomic E-state index is 12.0. The monoisotopic (exact) mass is 390 g/mol. The molecule has 3 aromatic carbocycles. The second-order valence-corrected chi connectivity index (χ2v) is 6.08. The molecule has 3 rings (SSSR count). The third-order valence-electron chi connectivity index (χ3n) is 4.16. The summed E-state index contributed by atoms with van der Waals surface area (Å²) in [5, 5.41) is 3.95. The number of rotatable bonds is 8. The standard InChI is InChI=1S/C23H22N2O4/c1-27-21-12-13-22(28-2)19(14-21)15-24-25-23(26)16-29-20-10-8-18(9-11-20)17-6-4-3-5-7-17/h3-15H,16H2,1-2H3,(H,25,26)/b24-15-. The van der Waals surface area contributed by atoms with E-state index in [1.807, 2.05) is 54.6 Å². The first-order valence-electron chi connectivity index (χ1n) is 9.02. The smallest absolute Gasteiger partial charge is 0.277 e. The molecule has 0 aliphatic heterocycles. The molecule has 148 valence electrons. The number of hydrogen-bond acceptors (Lipinski definition) is 5. The minimum atomic E-state index is -0.366. The van der Waals surface area contributed by atoms with Gasteiger partial charge in [0.2, 0.25) is 0 Å². The normalized spacial score (nSPS) is 10.6. The van der Waals surface area contributed by atoms with Crippen molar-refractivity contribution in [3.8, 4) is 28.4 Å². The quantitative estimate of drug-likeness (QED) is 0.468. The van der Waals surface area contributed by atoms with Crippen LogP contribution in [0.4, 0.5) is 0 Å². The van der Waals surface area contributed by atoms with Crippen LogP contribution in [0.5, 0.6) is 17.2 Å². The molecule has 0 atom stereocenters. The van der Waals surface area contributed by atoms with E-state index in [9.17, 15) is 4.79 Å². The zero-order valence-corrected chi connectivity index (χ0v) is 16.3. The number of hydrogen-bond donors (Lipinski definition) is 1. The van der Waals surface area contributed by atoms with E-state index >= 15 is 0 Å². The lowest BCUT2D eigenvalue weighted by Gasteiger charge is -2.08. The molecule has 3 aromatic rings. The number of benzene rings is 3. The van der Waals surface area contributed by atoms with Crippen LogP contribution in [0.1, 0.15) is 5.56 Å². The van der Waals surface area contributed by atoms with Gasteiger partial charge < -0.3 is 14.2 Å². The predicted molar refractivity (Wildman–Crippen MR) is 113 cm³/mol. The van der Waals surface area contributed by atoms with Crippen molar-refractivity contribution in [3.05, 3.63) is 78.4 Å². The average Bonchev–Trinajstić information content (AvgIpc) is 2.78. The SMILES string of the molecule is COc1ccc(OC)c(/C=N\NC(=O)COc2ccc(-c3ccccc3)cc2)c1. The Morgan fingerprint density at radius 3 is 2.28 bits per heavy atom. The lowest BCUT2D eigenvalue weighted by molar-refractivity contribution is -0.123. The molecule has 0 radical (unpaired) electrons. The first-order chi connectivity index (χ1) is 14.2. The van der Waals surface area contributed by atoms with Gasteiger partial charge in [-0.15, -0.1) is 0 Å². The van der Waals surface area contributed by atoms with E-state index in [0.717, 1.165) is 11.1 Å². The number of nitrogens with one attached hydrogen (secondary N) is 1. The second kappa shape index (κ2) is 9.94. The molecule has 0 bridgehead atoms. The zero-order valence-electron chi connectivity index (χ0n) is 16.3. The van der Waals surface area contributed by atoms with Crippen molar-refractivity contribution in [3.63, 3.8) is 0 Å². The lowest BCUT2D eigenvalue weighted by atomic mass is 10.1. The van der Waals surface area contributed by atoms with Gasteiger partial charge in [0.25, 0.3) is 5.91 Å². The molecule has 1 amide bonds. The molecule has 0 aliphatic rings. The lowest BCUT2D eigenvalue weighted by Crippen LogP contribution is -2.24. The summed E-state index contributed by atoms with van der Waals surface area (Å²) >= 11 is 0. The predicted octanol–water partition coefficient (Wildman–Crippen LogP) is 3.90. The van der Waals surface area contributed by atoms with E-state index in [1.165, 1.54) is 6.21 Å². The van der Waals surface area contributed by atoms with Crippen LogP contribution in [0.25, 0.3) is 11.1 Å². The Bertz CT molecular complexity index is 970. The van der Waals surface area contributed by atoms with Gasteiger partial charge in [-0.2, -0.15) is 5.10 Å². The van der Waals surface area contributed by atoms with Crippen molar-refractivity contribution < 1.29 is 19.0 Å². The van der Waals surface area contributed by atoms with Crippen molar-refractivity contribution in [2.75, 3.05) is 20.8 Å². The fourth-order valence-corrected chi connectivity index (χ4v) is 2.67. The first-order valence-corrected chi connectivity index (χ1v) is 9.02. The molecule has 29 heavy (non-hydrogen) atoms. The molecular weight excluding hydrogens is 368 g/mol. The van der Waals surface area contributed by atoms with Crippen molar-refractivity contribution in [1.82, 2.24) is 5.43 Å². The molecule has 0 spiro atoms. The van der Waals surface area contributed by atoms with E-state index in [4.69, 9.17) is 14.2 Å². The Hall–Kier alpha value is -3.80. The Kier molecular flexibility index (Phi) is 6.84. The summed E-state index contributed by atoms with van der Waals surface area (Å²) in [4.78, 5) is 12.0. The maximum Gasteiger partial charge on any atom is 0.277 e. The summed E-state index contributed by atoms with van der Waals surface area (Å²) in [6, 6.07) is 22.9. The summed E-state index contributed by atoms with van der Waals surface area (Å²) in [5.74, 6) is 1.54. The minimum absolute atomic E-state index is 0.142. The highest BCUT2D eigenvalue weighted by Crippen LogP contribution is 2.23. The topological polar surface area (TPSA) is 69.2 Å². The first kappa shape index (κ1) is 19.9. The average molecular weight is 390 g/mol. The van der Waals surface area contributed by atoms with Gasteiger partial charge in [0, 0.05) is 5.56 Å². The molecule has 0 saturated heterocycles. The molecule has 0 heterocycles. The van der Waals surface area contributed by atoms with E-state index in [1.54, 1.807) is 32.4 Å². The van der Waals surface area contributed by atoms with Crippen molar-refractivity contribution in [2.45, 2.75) is 0 Å². The third kappa shape index (κ3) is 5.59. The van der Waals surface area contributed by atoms with Gasteiger partial charge in [0.1, 0.15) is 17.2 Å². The molecule has 0 aliphatic carbocycles. The Morgan fingerprint density at radius 1 is 0.897 bits per heavy atom. The maximum atomic E-state index is 12.0. The van der Waals surface area contributed by atoms with Crippen molar-refractivity contribution in [2.24, 2.45) is 5.10 Å². The number of ether oxygens (including phenoxy) is 3. The number of hydrazone groups is 1. The molecule has 0 aromatic heterocycles. The van der Waals surface area contributed by atoms with Crippen molar-refractivity contribution in [1.29, 1.82) is 0 Å². The largest absolute Gasteiger partial charge is 0.497 e. The fraction of sp³-hybridized carbons (Fsp3) is 0.130. The summed E-state index contributed by atoms with van der Waals surface area (Å²) < 4.78 is 16.0. The molecule has 6 nitrogen and oxygen atoms in total. The third-order valence-corrected chi connectivity index (χ3v) is 4.16. The number of carbonyl (C=O) groups excluding carboxylic acids is 1. The van der Waals surface area contributed by atoms with Gasteiger partial charge >= 0.3 is 0 Å². The Morgan fingerprint density at radius 2 is 1.59 bits per heavy atom. The number of methoxy groups -OCH3 is 2. The summed E-state index contributed by atoms with van der Waals surface area (Å²) in [5.41, 5.74) is 5.33. The number of carbonyl (C=O) groups is 1. The zero-order chi connectivity index (χ0) is 20.5.